The lowest BCUT2D eigenvalue weighted by molar-refractivity contribution is 0.0339. The van der Waals surface area contributed by atoms with Crippen LogP contribution in [-0.4, -0.2) is 44.8 Å². The highest BCUT2D eigenvalue weighted by Gasteiger charge is 2.30. The number of ether oxygens (including phenoxy) is 1. The zero-order valence-corrected chi connectivity index (χ0v) is 13.8. The summed E-state index contributed by atoms with van der Waals surface area (Å²) in [5.41, 5.74) is 0. The minimum Gasteiger partial charge on any atom is -0.366 e. The summed E-state index contributed by atoms with van der Waals surface area (Å²) in [5.74, 6) is 3.79. The first-order valence-electron chi connectivity index (χ1n) is 8.05. The molecule has 0 spiro atoms. The molecule has 1 N–H and O–H groups in total. The van der Waals surface area contributed by atoms with Crippen molar-refractivity contribution >= 4 is 17.4 Å². The van der Waals surface area contributed by atoms with Crippen LogP contribution in [0.1, 0.15) is 49.3 Å². The molecule has 1 aliphatic heterocycles. The fourth-order valence-electron chi connectivity index (χ4n) is 2.73. The van der Waals surface area contributed by atoms with Gasteiger partial charge in [0.05, 0.1) is 13.2 Å². The molecule has 1 saturated carbocycles. The maximum absolute atomic E-state index is 6.18. The van der Waals surface area contributed by atoms with E-state index in [9.17, 15) is 0 Å². The van der Waals surface area contributed by atoms with E-state index in [0.717, 1.165) is 43.3 Å². The molecule has 1 atom stereocenters. The highest BCUT2D eigenvalue weighted by Crippen LogP contribution is 2.39. The molecule has 8 heteroatoms. The predicted octanol–water partition coefficient (Wildman–Crippen LogP) is 2.27. The van der Waals surface area contributed by atoms with Crippen LogP contribution in [0, 0.1) is 0 Å². The summed E-state index contributed by atoms with van der Waals surface area (Å²) in [5, 5.41) is 7.71. The Bertz CT molecular complexity index is 701. The normalized spacial score (nSPS) is 21.7. The smallest absolute Gasteiger partial charge is 0.181 e. The fraction of sp³-hybridized carbons (Fsp3) is 0.600. The van der Waals surface area contributed by atoms with Crippen molar-refractivity contribution in [2.45, 2.75) is 38.2 Å². The lowest BCUT2D eigenvalue weighted by Crippen LogP contribution is -2.39. The summed E-state index contributed by atoms with van der Waals surface area (Å²) in [6.07, 6.45) is 2.99. The zero-order valence-electron chi connectivity index (χ0n) is 13.0. The molecule has 122 valence electrons. The summed E-state index contributed by atoms with van der Waals surface area (Å²) < 4.78 is 5.83. The van der Waals surface area contributed by atoms with E-state index in [4.69, 9.17) is 21.3 Å². The number of H-pyrrole nitrogens is 1. The van der Waals surface area contributed by atoms with Gasteiger partial charge in [0.15, 0.2) is 5.82 Å². The van der Waals surface area contributed by atoms with Crippen LogP contribution in [0.15, 0.2) is 6.07 Å². The second-order valence-electron chi connectivity index (χ2n) is 5.98. The van der Waals surface area contributed by atoms with Crippen molar-refractivity contribution in [3.8, 4) is 0 Å². The summed E-state index contributed by atoms with van der Waals surface area (Å²) in [6, 6.07) is 1.82. The minimum absolute atomic E-state index is 0.154. The molecule has 0 bridgehead atoms. The first-order valence-corrected chi connectivity index (χ1v) is 8.43. The molecule has 2 aliphatic rings. The van der Waals surface area contributed by atoms with Gasteiger partial charge in [-0.15, -0.1) is 0 Å². The molecule has 1 unspecified atom stereocenters. The molecule has 0 amide bonds. The van der Waals surface area contributed by atoms with E-state index < -0.39 is 0 Å². The Hall–Kier alpha value is -1.73. The van der Waals surface area contributed by atoms with E-state index in [-0.39, 0.29) is 6.10 Å². The Morgan fingerprint density at radius 2 is 2.17 bits per heavy atom. The van der Waals surface area contributed by atoms with Crippen molar-refractivity contribution in [2.75, 3.05) is 24.6 Å². The molecule has 0 radical (unpaired) electrons. The molecule has 2 aromatic heterocycles. The monoisotopic (exact) mass is 334 g/mol. The number of anilines is 1. The largest absolute Gasteiger partial charge is 0.366 e. The molecule has 2 aromatic rings. The van der Waals surface area contributed by atoms with E-state index in [1.54, 1.807) is 0 Å². The van der Waals surface area contributed by atoms with E-state index in [2.05, 4.69) is 25.1 Å². The van der Waals surface area contributed by atoms with Crippen molar-refractivity contribution in [1.29, 1.82) is 0 Å². The van der Waals surface area contributed by atoms with Gasteiger partial charge < -0.3 is 9.64 Å². The summed E-state index contributed by atoms with van der Waals surface area (Å²) in [7, 11) is 0. The van der Waals surface area contributed by atoms with Gasteiger partial charge in [0.1, 0.15) is 28.7 Å². The van der Waals surface area contributed by atoms with Crippen LogP contribution in [0.2, 0.25) is 5.15 Å². The highest BCUT2D eigenvalue weighted by atomic mass is 35.5. The third kappa shape index (κ3) is 3.16. The number of halogens is 1. The molecule has 7 nitrogen and oxygen atoms in total. The van der Waals surface area contributed by atoms with Crippen molar-refractivity contribution in [2.24, 2.45) is 0 Å². The molecule has 2 fully saturated rings. The van der Waals surface area contributed by atoms with E-state index >= 15 is 0 Å². The van der Waals surface area contributed by atoms with Crippen LogP contribution in [0.25, 0.3) is 0 Å². The van der Waals surface area contributed by atoms with Crippen LogP contribution >= 0.6 is 11.6 Å². The van der Waals surface area contributed by atoms with Gasteiger partial charge in [-0.2, -0.15) is 5.10 Å². The van der Waals surface area contributed by atoms with Crippen LogP contribution in [0.4, 0.5) is 5.82 Å². The van der Waals surface area contributed by atoms with Crippen LogP contribution < -0.4 is 4.90 Å². The Morgan fingerprint density at radius 1 is 1.30 bits per heavy atom. The van der Waals surface area contributed by atoms with Crippen molar-refractivity contribution in [1.82, 2.24) is 25.1 Å². The molecule has 4 rings (SSSR count). The van der Waals surface area contributed by atoms with Crippen LogP contribution in [0.3, 0.4) is 0 Å². The average Bonchev–Trinajstić information content (AvgIpc) is 3.32. The molecular weight excluding hydrogens is 316 g/mol. The third-order valence-electron chi connectivity index (χ3n) is 4.20. The number of morpholine rings is 1. The van der Waals surface area contributed by atoms with Gasteiger partial charge in [-0.05, 0) is 12.8 Å². The van der Waals surface area contributed by atoms with Gasteiger partial charge in [0, 0.05) is 24.9 Å². The van der Waals surface area contributed by atoms with E-state index in [1.165, 1.54) is 0 Å². The molecule has 1 saturated heterocycles. The number of rotatable bonds is 4. The maximum atomic E-state index is 6.18. The van der Waals surface area contributed by atoms with Gasteiger partial charge in [-0.1, -0.05) is 18.5 Å². The van der Waals surface area contributed by atoms with Gasteiger partial charge in [-0.25, -0.2) is 15.0 Å². The van der Waals surface area contributed by atoms with Gasteiger partial charge >= 0.3 is 0 Å². The first-order chi connectivity index (χ1) is 11.2. The molecular formula is C15H19ClN6O. The fourth-order valence-corrected chi connectivity index (χ4v) is 2.92. The molecule has 23 heavy (non-hydrogen) atoms. The zero-order chi connectivity index (χ0) is 15.8. The number of aromatic amines is 1. The number of aryl methyl sites for hydroxylation is 1. The summed E-state index contributed by atoms with van der Waals surface area (Å²) in [4.78, 5) is 15.7. The molecule has 3 heterocycles. The Balaban J connectivity index is 1.54. The topological polar surface area (TPSA) is 79.8 Å². The van der Waals surface area contributed by atoms with Crippen molar-refractivity contribution in [3.05, 3.63) is 28.7 Å². The average molecular weight is 335 g/mol. The van der Waals surface area contributed by atoms with E-state index in [0.29, 0.717) is 30.0 Å². The maximum Gasteiger partial charge on any atom is 0.181 e. The van der Waals surface area contributed by atoms with Crippen molar-refractivity contribution in [3.63, 3.8) is 0 Å². The summed E-state index contributed by atoms with van der Waals surface area (Å²) >= 11 is 6.18. The van der Waals surface area contributed by atoms with Gasteiger partial charge in [0.2, 0.25) is 0 Å². The lowest BCUT2D eigenvalue weighted by atomic mass is 10.2. The van der Waals surface area contributed by atoms with Crippen molar-refractivity contribution < 1.29 is 4.74 Å². The highest BCUT2D eigenvalue weighted by molar-refractivity contribution is 6.29. The quantitative estimate of drug-likeness (QED) is 0.864. The SMILES string of the molecule is CCc1nc(C2CN(c3cc(Cl)nc(C4CC4)n3)CCO2)n[nH]1. The minimum atomic E-state index is -0.154. The number of nitrogens with zero attached hydrogens (tertiary/aromatic N) is 5. The lowest BCUT2D eigenvalue weighted by Gasteiger charge is -2.32. The third-order valence-corrected chi connectivity index (χ3v) is 4.40. The Labute approximate surface area is 139 Å². The van der Waals surface area contributed by atoms with Gasteiger partial charge in [-0.3, -0.25) is 5.10 Å². The van der Waals surface area contributed by atoms with Crippen LogP contribution in [-0.2, 0) is 11.2 Å². The number of aromatic nitrogens is 5. The number of hydrogen-bond donors (Lipinski definition) is 1. The van der Waals surface area contributed by atoms with E-state index in [1.807, 2.05) is 13.0 Å². The Morgan fingerprint density at radius 3 is 2.91 bits per heavy atom. The number of nitrogens with one attached hydrogen (secondary N) is 1. The molecule has 0 aromatic carbocycles. The second kappa shape index (κ2) is 6.05. The standard InChI is InChI=1S/C15H19ClN6O/c1-2-12-18-15(21-20-12)10-8-22(5-6-23-10)13-7-11(16)17-14(19-13)9-3-4-9/h7,9-10H,2-6,8H2,1H3,(H,18,20,21). The van der Waals surface area contributed by atoms with Gasteiger partial charge in [0.25, 0.3) is 0 Å². The van der Waals surface area contributed by atoms with Crippen LogP contribution in [0.5, 0.6) is 0 Å². The Kier molecular flexibility index (Phi) is 3.90. The number of hydrogen-bond acceptors (Lipinski definition) is 6. The summed E-state index contributed by atoms with van der Waals surface area (Å²) in [6.45, 7) is 4.10. The first kappa shape index (κ1) is 14.8. The predicted molar refractivity (Wildman–Crippen MR) is 85.7 cm³/mol. The molecule has 1 aliphatic carbocycles. The second-order valence-corrected chi connectivity index (χ2v) is 6.37.